The van der Waals surface area contributed by atoms with Gasteiger partial charge in [0.05, 0.1) is 0 Å². The molecule has 0 aromatic heterocycles. The summed E-state index contributed by atoms with van der Waals surface area (Å²) in [5, 5.41) is 9.29. The maximum atomic E-state index is 11.6. The molecule has 1 fully saturated rings. The third-order valence-electron chi connectivity index (χ3n) is 3.18. The Morgan fingerprint density at radius 2 is 2.00 bits per heavy atom. The number of likely N-dealkylation sites (N-methyl/N-ethyl adjacent to an activating group) is 1. The molecule has 0 saturated heterocycles. The van der Waals surface area contributed by atoms with Gasteiger partial charge in [0.1, 0.15) is 12.1 Å². The minimum Gasteiger partial charge on any atom is -0.479 e. The lowest BCUT2D eigenvalue weighted by Gasteiger charge is -2.53. The van der Waals surface area contributed by atoms with Gasteiger partial charge in [0, 0.05) is 7.05 Å². The molecule has 96 valence electrons. The number of carbonyl (C=O) groups excluding carboxylic acids is 1. The van der Waals surface area contributed by atoms with E-state index in [-0.39, 0.29) is 12.0 Å². The summed E-state index contributed by atoms with van der Waals surface area (Å²) in [4.78, 5) is 24.2. The molecule has 0 spiro atoms. The normalized spacial score (nSPS) is 19.9. The quantitative estimate of drug-likeness (QED) is 0.763. The largest absolute Gasteiger partial charge is 0.479 e. The van der Waals surface area contributed by atoms with Gasteiger partial charge in [0.2, 0.25) is 0 Å². The molecule has 0 heterocycles. The van der Waals surface area contributed by atoms with Gasteiger partial charge >= 0.3 is 12.1 Å². The predicted molar refractivity (Wildman–Crippen MR) is 62.7 cm³/mol. The molecule has 1 saturated carbocycles. The second-order valence-electron chi connectivity index (χ2n) is 5.28. The summed E-state index contributed by atoms with van der Waals surface area (Å²) in [6.07, 6.45) is 1.70. The number of ether oxygens (including phenoxy) is 1. The Balaban J connectivity index is 2.77. The molecule has 0 aliphatic heterocycles. The molecule has 1 rings (SSSR count). The Morgan fingerprint density at radius 1 is 1.47 bits per heavy atom. The highest BCUT2D eigenvalue weighted by molar-refractivity contribution is 5.85. The zero-order chi connectivity index (χ0) is 13.3. The molecule has 1 N–H and O–H groups in total. The van der Waals surface area contributed by atoms with E-state index in [0.717, 1.165) is 0 Å². The van der Waals surface area contributed by atoms with Gasteiger partial charge in [-0.25, -0.2) is 9.59 Å². The van der Waals surface area contributed by atoms with Crippen molar-refractivity contribution in [1.29, 1.82) is 0 Å². The number of hydrogen-bond acceptors (Lipinski definition) is 3. The second kappa shape index (κ2) is 4.39. The summed E-state index contributed by atoms with van der Waals surface area (Å²) < 4.78 is 4.86. The van der Waals surface area contributed by atoms with Crippen molar-refractivity contribution in [2.45, 2.75) is 32.2 Å². The molecule has 0 atom stereocenters. The van der Waals surface area contributed by atoms with Crippen molar-refractivity contribution in [2.75, 3.05) is 13.7 Å². The Bertz CT molecular complexity index is 340. The fourth-order valence-corrected chi connectivity index (χ4v) is 2.47. The monoisotopic (exact) mass is 241 g/mol. The van der Waals surface area contributed by atoms with Crippen LogP contribution in [0.1, 0.15) is 26.7 Å². The van der Waals surface area contributed by atoms with E-state index < -0.39 is 17.6 Å². The number of carbonyl (C=O) groups is 2. The van der Waals surface area contributed by atoms with Gasteiger partial charge < -0.3 is 9.84 Å². The van der Waals surface area contributed by atoms with Gasteiger partial charge in [-0.15, -0.1) is 0 Å². The number of carboxylic acid groups (broad SMARTS) is 1. The highest BCUT2D eigenvalue weighted by Gasteiger charge is 2.59. The smallest absolute Gasteiger partial charge is 0.410 e. The minimum atomic E-state index is -1.12. The van der Waals surface area contributed by atoms with E-state index in [4.69, 9.17) is 4.74 Å². The summed E-state index contributed by atoms with van der Waals surface area (Å²) in [6, 6.07) is 0. The standard InChI is InChI=1S/C12H19NO4/c1-5-6-17-10(16)13(4)12(9(14)15)7-11(2,3)8-12/h5H,1,6-8H2,2-4H3,(H,14,15). The van der Waals surface area contributed by atoms with E-state index >= 15 is 0 Å². The molecule has 1 amide bonds. The molecule has 17 heavy (non-hydrogen) atoms. The maximum Gasteiger partial charge on any atom is 0.410 e. The summed E-state index contributed by atoms with van der Waals surface area (Å²) >= 11 is 0. The molecule has 5 heteroatoms. The summed E-state index contributed by atoms with van der Waals surface area (Å²) in [5.74, 6) is -0.977. The van der Waals surface area contributed by atoms with Crippen LogP contribution < -0.4 is 0 Å². The first-order valence-electron chi connectivity index (χ1n) is 5.50. The second-order valence-corrected chi connectivity index (χ2v) is 5.28. The Morgan fingerprint density at radius 3 is 2.35 bits per heavy atom. The highest BCUT2D eigenvalue weighted by atomic mass is 16.6. The van der Waals surface area contributed by atoms with Crippen molar-refractivity contribution in [1.82, 2.24) is 4.90 Å². The van der Waals surface area contributed by atoms with E-state index in [0.29, 0.717) is 12.8 Å². The van der Waals surface area contributed by atoms with Crippen molar-refractivity contribution in [3.63, 3.8) is 0 Å². The fraction of sp³-hybridized carbons (Fsp3) is 0.667. The number of amides is 1. The van der Waals surface area contributed by atoms with Crippen LogP contribution in [0.3, 0.4) is 0 Å². The van der Waals surface area contributed by atoms with Gasteiger partial charge in [-0.2, -0.15) is 0 Å². The Hall–Kier alpha value is -1.52. The van der Waals surface area contributed by atoms with Gasteiger partial charge in [0.15, 0.2) is 0 Å². The van der Waals surface area contributed by atoms with Crippen LogP contribution in [0, 0.1) is 5.41 Å². The average Bonchev–Trinajstić information content (AvgIpc) is 2.20. The number of carboxylic acids is 1. The van der Waals surface area contributed by atoms with E-state index in [1.807, 2.05) is 13.8 Å². The molecule has 0 aromatic rings. The molecule has 0 bridgehead atoms. The van der Waals surface area contributed by atoms with Crippen molar-refractivity contribution >= 4 is 12.1 Å². The molecule has 0 radical (unpaired) electrons. The number of aliphatic carboxylic acids is 1. The van der Waals surface area contributed by atoms with Crippen molar-refractivity contribution < 1.29 is 19.4 Å². The molecule has 0 unspecified atom stereocenters. The van der Waals surface area contributed by atoms with Gasteiger partial charge in [0.25, 0.3) is 0 Å². The molecule has 1 aliphatic carbocycles. The molecular weight excluding hydrogens is 222 g/mol. The Kier molecular flexibility index (Phi) is 3.50. The van der Waals surface area contributed by atoms with Crippen LogP contribution in [-0.4, -0.2) is 41.3 Å². The number of nitrogens with zero attached hydrogens (tertiary/aromatic N) is 1. The van der Waals surface area contributed by atoms with E-state index in [1.165, 1.54) is 18.0 Å². The lowest BCUT2D eigenvalue weighted by molar-refractivity contribution is -0.164. The molecule has 1 aliphatic rings. The van der Waals surface area contributed by atoms with Crippen LogP contribution in [0.2, 0.25) is 0 Å². The van der Waals surface area contributed by atoms with Crippen LogP contribution in [0.25, 0.3) is 0 Å². The van der Waals surface area contributed by atoms with Crippen molar-refractivity contribution in [3.8, 4) is 0 Å². The van der Waals surface area contributed by atoms with E-state index in [9.17, 15) is 14.7 Å². The Labute approximate surface area is 101 Å². The molecule has 0 aromatic carbocycles. The van der Waals surface area contributed by atoms with Crippen LogP contribution in [0.4, 0.5) is 4.79 Å². The first kappa shape index (κ1) is 13.5. The summed E-state index contributed by atoms with van der Waals surface area (Å²) in [7, 11) is 1.47. The third-order valence-corrected chi connectivity index (χ3v) is 3.18. The molecule has 5 nitrogen and oxygen atoms in total. The van der Waals surface area contributed by atoms with Crippen molar-refractivity contribution in [3.05, 3.63) is 12.7 Å². The predicted octanol–water partition coefficient (Wildman–Crippen LogP) is 1.88. The third kappa shape index (κ3) is 2.43. The zero-order valence-corrected chi connectivity index (χ0v) is 10.5. The number of hydrogen-bond donors (Lipinski definition) is 1. The minimum absolute atomic E-state index is 0.0502. The first-order chi connectivity index (χ1) is 7.75. The van der Waals surface area contributed by atoms with Crippen LogP contribution in [0.15, 0.2) is 12.7 Å². The SMILES string of the molecule is C=CCOC(=O)N(C)C1(C(=O)O)CC(C)(C)C1. The van der Waals surface area contributed by atoms with Crippen LogP contribution in [0.5, 0.6) is 0 Å². The number of rotatable bonds is 4. The van der Waals surface area contributed by atoms with Crippen LogP contribution >= 0.6 is 0 Å². The van der Waals surface area contributed by atoms with Gasteiger partial charge in [-0.1, -0.05) is 26.5 Å². The summed E-state index contributed by atoms with van der Waals surface area (Å²) in [5.41, 5.74) is -1.17. The van der Waals surface area contributed by atoms with Crippen molar-refractivity contribution in [2.24, 2.45) is 5.41 Å². The topological polar surface area (TPSA) is 66.8 Å². The summed E-state index contributed by atoms with van der Waals surface area (Å²) in [6.45, 7) is 7.49. The fourth-order valence-electron chi connectivity index (χ4n) is 2.47. The van der Waals surface area contributed by atoms with E-state index in [2.05, 4.69) is 6.58 Å². The average molecular weight is 241 g/mol. The molecular formula is C12H19NO4. The zero-order valence-electron chi connectivity index (χ0n) is 10.5. The highest BCUT2D eigenvalue weighted by Crippen LogP contribution is 2.51. The lowest BCUT2D eigenvalue weighted by Crippen LogP contribution is -2.65. The first-order valence-corrected chi connectivity index (χ1v) is 5.50. The maximum absolute atomic E-state index is 11.6. The van der Waals surface area contributed by atoms with Gasteiger partial charge in [-0.3, -0.25) is 4.90 Å². The lowest BCUT2D eigenvalue weighted by atomic mass is 9.58. The van der Waals surface area contributed by atoms with Gasteiger partial charge in [-0.05, 0) is 18.3 Å². The van der Waals surface area contributed by atoms with Crippen LogP contribution in [-0.2, 0) is 9.53 Å². The van der Waals surface area contributed by atoms with E-state index in [1.54, 1.807) is 0 Å².